The molecule has 1 heterocycles. The largest absolute Gasteiger partial charge is 0.511 e. The van der Waals surface area contributed by atoms with Gasteiger partial charge in [-0.05, 0) is 48.9 Å². The van der Waals surface area contributed by atoms with Gasteiger partial charge in [-0.25, -0.2) is 9.97 Å². The molecule has 2 aliphatic rings. The van der Waals surface area contributed by atoms with Crippen LogP contribution in [0.3, 0.4) is 0 Å². The minimum atomic E-state index is 0.0778. The first-order valence-electron chi connectivity index (χ1n) is 7.99. The maximum absolute atomic E-state index is 12.8. The Morgan fingerprint density at radius 1 is 1.09 bits per heavy atom. The first kappa shape index (κ1) is 14.1. The topological polar surface area (TPSA) is 63.1 Å². The molecule has 2 atom stereocenters. The van der Waals surface area contributed by atoms with Crippen LogP contribution in [0.25, 0.3) is 16.7 Å². The highest BCUT2D eigenvalue weighted by atomic mass is 16.3. The molecule has 4 nitrogen and oxygen atoms in total. The van der Waals surface area contributed by atoms with Crippen LogP contribution in [0.4, 0.5) is 0 Å². The van der Waals surface area contributed by atoms with E-state index in [0.29, 0.717) is 5.57 Å². The van der Waals surface area contributed by atoms with E-state index in [-0.39, 0.29) is 23.4 Å². The van der Waals surface area contributed by atoms with E-state index in [1.54, 1.807) is 12.4 Å². The molecule has 2 aromatic rings. The van der Waals surface area contributed by atoms with Crippen LogP contribution < -0.4 is 0 Å². The molecule has 4 rings (SSSR count). The van der Waals surface area contributed by atoms with Crippen LogP contribution in [0, 0.1) is 18.8 Å². The summed E-state index contributed by atoms with van der Waals surface area (Å²) in [7, 11) is 0. The number of aliphatic hydroxyl groups excluding tert-OH is 1. The van der Waals surface area contributed by atoms with Crippen molar-refractivity contribution in [3.05, 3.63) is 53.8 Å². The molecule has 1 aromatic heterocycles. The van der Waals surface area contributed by atoms with Gasteiger partial charge < -0.3 is 5.11 Å². The highest BCUT2D eigenvalue weighted by Gasteiger charge is 2.41. The first-order valence-corrected chi connectivity index (χ1v) is 7.99. The molecular formula is C19H18N2O2. The Morgan fingerprint density at radius 2 is 1.83 bits per heavy atom. The Balaban J connectivity index is 1.86. The van der Waals surface area contributed by atoms with E-state index >= 15 is 0 Å². The predicted octanol–water partition coefficient (Wildman–Crippen LogP) is 3.72. The summed E-state index contributed by atoms with van der Waals surface area (Å²) in [5.74, 6) is 0.610. The molecule has 1 fully saturated rings. The molecule has 4 heteroatoms. The standard InChI is InChI=1S/C19H18N2O2/c1-11-2-3-12(15-8-20-10-21-9-15)7-16(11)17-18(22)13-4-5-14(6-13)19(17)23/h2-3,7-10,13-14,22H,4-6H2,1H3. The fraction of sp³-hybridized carbons (Fsp3) is 0.316. The average molecular weight is 306 g/mol. The summed E-state index contributed by atoms with van der Waals surface area (Å²) in [6.45, 7) is 1.98. The minimum Gasteiger partial charge on any atom is -0.511 e. The number of allylic oxidation sites excluding steroid dienone is 2. The number of hydrogen-bond acceptors (Lipinski definition) is 4. The summed E-state index contributed by atoms with van der Waals surface area (Å²) in [4.78, 5) is 20.9. The fourth-order valence-electron chi connectivity index (χ4n) is 3.79. The third kappa shape index (κ3) is 2.25. The third-order valence-electron chi connectivity index (χ3n) is 5.09. The molecule has 1 saturated carbocycles. The smallest absolute Gasteiger partial charge is 0.169 e. The number of fused-ring (bicyclic) bond motifs is 2. The molecule has 0 aliphatic heterocycles. The normalized spacial score (nSPS) is 23.4. The molecular weight excluding hydrogens is 288 g/mol. The first-order chi connectivity index (χ1) is 11.1. The number of rotatable bonds is 2. The van der Waals surface area contributed by atoms with Gasteiger partial charge in [-0.2, -0.15) is 0 Å². The highest BCUT2D eigenvalue weighted by Crippen LogP contribution is 2.46. The van der Waals surface area contributed by atoms with E-state index < -0.39 is 0 Å². The van der Waals surface area contributed by atoms with E-state index in [2.05, 4.69) is 9.97 Å². The number of aliphatic hydroxyl groups is 1. The van der Waals surface area contributed by atoms with Crippen LogP contribution >= 0.6 is 0 Å². The molecule has 1 N–H and O–H groups in total. The van der Waals surface area contributed by atoms with Crippen molar-refractivity contribution in [1.29, 1.82) is 0 Å². The maximum atomic E-state index is 12.8. The van der Waals surface area contributed by atoms with Gasteiger partial charge in [-0.15, -0.1) is 0 Å². The molecule has 0 saturated heterocycles. The summed E-state index contributed by atoms with van der Waals surface area (Å²) in [5.41, 5.74) is 4.23. The Labute approximate surface area is 134 Å². The van der Waals surface area contributed by atoms with Crippen molar-refractivity contribution in [3.8, 4) is 11.1 Å². The number of carbonyl (C=O) groups excluding carboxylic acids is 1. The van der Waals surface area contributed by atoms with Crippen molar-refractivity contribution in [1.82, 2.24) is 9.97 Å². The number of ketones is 1. The fourth-order valence-corrected chi connectivity index (χ4v) is 3.79. The zero-order valence-electron chi connectivity index (χ0n) is 13.0. The van der Waals surface area contributed by atoms with Crippen LogP contribution in [-0.2, 0) is 4.79 Å². The van der Waals surface area contributed by atoms with Gasteiger partial charge in [0.05, 0.1) is 5.57 Å². The number of Topliss-reactive ketones (excluding diaryl/α,β-unsaturated/α-hetero) is 1. The average Bonchev–Trinajstić information content (AvgIpc) is 3.03. The molecule has 1 aromatic carbocycles. The summed E-state index contributed by atoms with van der Waals surface area (Å²) in [6, 6.07) is 5.96. The number of aromatic nitrogens is 2. The number of benzene rings is 1. The molecule has 116 valence electrons. The van der Waals surface area contributed by atoms with E-state index in [1.165, 1.54) is 6.33 Å². The quantitative estimate of drug-likeness (QED) is 0.918. The van der Waals surface area contributed by atoms with Gasteiger partial charge in [0.2, 0.25) is 0 Å². The number of hydrogen-bond donors (Lipinski definition) is 1. The van der Waals surface area contributed by atoms with Crippen LogP contribution in [0.15, 0.2) is 42.7 Å². The Morgan fingerprint density at radius 3 is 2.61 bits per heavy atom. The molecule has 0 amide bonds. The molecule has 0 radical (unpaired) electrons. The van der Waals surface area contributed by atoms with Crippen molar-refractivity contribution in [2.75, 3.05) is 0 Å². The van der Waals surface area contributed by atoms with Crippen LogP contribution in [-0.4, -0.2) is 20.9 Å². The van der Waals surface area contributed by atoms with E-state index in [1.807, 2.05) is 25.1 Å². The summed E-state index contributed by atoms with van der Waals surface area (Å²) in [6.07, 6.45) is 7.61. The van der Waals surface area contributed by atoms with Gasteiger partial charge in [-0.1, -0.05) is 12.1 Å². The van der Waals surface area contributed by atoms with E-state index in [0.717, 1.165) is 41.5 Å². The van der Waals surface area contributed by atoms with Gasteiger partial charge in [0, 0.05) is 29.8 Å². The Hall–Kier alpha value is -2.49. The van der Waals surface area contributed by atoms with Crippen molar-refractivity contribution in [3.63, 3.8) is 0 Å². The van der Waals surface area contributed by atoms with Crippen LogP contribution in [0.5, 0.6) is 0 Å². The second-order valence-corrected chi connectivity index (χ2v) is 6.49. The lowest BCUT2D eigenvalue weighted by atomic mass is 9.81. The van der Waals surface area contributed by atoms with Crippen molar-refractivity contribution in [2.45, 2.75) is 26.2 Å². The lowest BCUT2D eigenvalue weighted by Crippen LogP contribution is -2.21. The van der Waals surface area contributed by atoms with E-state index in [4.69, 9.17) is 0 Å². The molecule has 2 aliphatic carbocycles. The van der Waals surface area contributed by atoms with Gasteiger partial charge in [-0.3, -0.25) is 4.79 Å². The van der Waals surface area contributed by atoms with Crippen molar-refractivity contribution >= 4 is 11.4 Å². The zero-order valence-corrected chi connectivity index (χ0v) is 13.0. The van der Waals surface area contributed by atoms with Crippen molar-refractivity contribution in [2.24, 2.45) is 11.8 Å². The Kier molecular flexibility index (Phi) is 3.26. The lowest BCUT2D eigenvalue weighted by molar-refractivity contribution is -0.117. The minimum absolute atomic E-state index is 0.0778. The Bertz CT molecular complexity index is 811. The summed E-state index contributed by atoms with van der Waals surface area (Å²) >= 11 is 0. The second-order valence-electron chi connectivity index (χ2n) is 6.49. The maximum Gasteiger partial charge on any atom is 0.169 e. The van der Waals surface area contributed by atoms with Gasteiger partial charge in [0.25, 0.3) is 0 Å². The van der Waals surface area contributed by atoms with Gasteiger partial charge >= 0.3 is 0 Å². The van der Waals surface area contributed by atoms with E-state index in [9.17, 15) is 9.90 Å². The molecule has 2 unspecified atom stereocenters. The third-order valence-corrected chi connectivity index (χ3v) is 5.09. The highest BCUT2D eigenvalue weighted by molar-refractivity contribution is 6.23. The molecule has 2 bridgehead atoms. The zero-order chi connectivity index (χ0) is 16.0. The summed E-state index contributed by atoms with van der Waals surface area (Å²) in [5, 5.41) is 10.6. The monoisotopic (exact) mass is 306 g/mol. The van der Waals surface area contributed by atoms with Crippen LogP contribution in [0.1, 0.15) is 30.4 Å². The summed E-state index contributed by atoms with van der Waals surface area (Å²) < 4.78 is 0. The second kappa shape index (κ2) is 5.30. The number of carbonyl (C=O) groups is 1. The number of nitrogens with zero attached hydrogens (tertiary/aromatic N) is 2. The predicted molar refractivity (Wildman–Crippen MR) is 87.6 cm³/mol. The van der Waals surface area contributed by atoms with Crippen LogP contribution in [0.2, 0.25) is 0 Å². The number of aryl methyl sites for hydroxylation is 1. The molecule has 0 spiro atoms. The van der Waals surface area contributed by atoms with Gasteiger partial charge in [0.1, 0.15) is 12.1 Å². The molecule has 23 heavy (non-hydrogen) atoms. The van der Waals surface area contributed by atoms with Gasteiger partial charge in [0.15, 0.2) is 5.78 Å². The lowest BCUT2D eigenvalue weighted by Gasteiger charge is -2.23. The van der Waals surface area contributed by atoms with Crippen molar-refractivity contribution < 1.29 is 9.90 Å². The SMILES string of the molecule is Cc1ccc(-c2cncnc2)cc1C1=C(O)C2CCC(C2)C1=O.